The summed E-state index contributed by atoms with van der Waals surface area (Å²) in [6.07, 6.45) is 0. The van der Waals surface area contributed by atoms with Crippen molar-refractivity contribution in [2.24, 2.45) is 0 Å². The Kier molecular flexibility index (Phi) is 7.28. The molecule has 0 aliphatic heterocycles. The lowest BCUT2D eigenvalue weighted by atomic mass is 9.97. The first-order valence-corrected chi connectivity index (χ1v) is 19.1. The lowest BCUT2D eigenvalue weighted by molar-refractivity contribution is 1.13. The summed E-state index contributed by atoms with van der Waals surface area (Å²) in [5.41, 5.74) is 12.1. The summed E-state index contributed by atoms with van der Waals surface area (Å²) in [6, 6.07) is 61.6. The van der Waals surface area contributed by atoms with Crippen LogP contribution in [-0.4, -0.2) is 13.7 Å². The highest BCUT2D eigenvalue weighted by molar-refractivity contribution is 6.16. The number of hydrogen-bond donors (Lipinski definition) is 0. The molecule has 59 heavy (non-hydrogen) atoms. The molecule has 0 aliphatic rings. The molecule has 0 saturated carbocycles. The Hall–Kier alpha value is -8.88. The fourth-order valence-electron chi connectivity index (χ4n) is 9.11. The Balaban J connectivity index is 1.18. The van der Waals surface area contributed by atoms with Crippen molar-refractivity contribution < 1.29 is 0 Å². The molecule has 11 aromatic rings. The third kappa shape index (κ3) is 4.78. The summed E-state index contributed by atoms with van der Waals surface area (Å²) >= 11 is 0. The molecular weight excluding hydrogens is 723 g/mol. The molecule has 7 heteroatoms. The van der Waals surface area contributed by atoms with Crippen LogP contribution in [0.25, 0.3) is 98.5 Å². The van der Waals surface area contributed by atoms with Crippen molar-refractivity contribution in [1.29, 1.82) is 15.8 Å². The van der Waals surface area contributed by atoms with Crippen LogP contribution in [0.3, 0.4) is 0 Å². The van der Waals surface area contributed by atoms with Gasteiger partial charge < -0.3 is 13.7 Å². The second kappa shape index (κ2) is 12.8. The van der Waals surface area contributed by atoms with E-state index in [0.29, 0.717) is 22.4 Å². The van der Waals surface area contributed by atoms with Gasteiger partial charge in [-0.15, -0.1) is 0 Å². The SMILES string of the molecule is [C-]#[N+]c1ccc2c(c1)c1cccc(C#N)c1n2-c1ccc(-c2ccccc2-n2c3ccccc3c3cccc(-n4c5ccccc5c5cc(C#N)ccc54)c32)c(C#N)c1. The first-order valence-electron chi connectivity index (χ1n) is 19.1. The highest BCUT2D eigenvalue weighted by Crippen LogP contribution is 2.43. The zero-order valence-corrected chi connectivity index (χ0v) is 31.2. The summed E-state index contributed by atoms with van der Waals surface area (Å²) in [5.74, 6) is 0. The van der Waals surface area contributed by atoms with E-state index in [4.69, 9.17) is 6.57 Å². The van der Waals surface area contributed by atoms with Gasteiger partial charge in [0.2, 0.25) is 0 Å². The molecule has 7 nitrogen and oxygen atoms in total. The molecule has 0 N–H and O–H groups in total. The molecule has 0 bridgehead atoms. The lowest BCUT2D eigenvalue weighted by Crippen LogP contribution is -2.03. The second-order valence-corrected chi connectivity index (χ2v) is 14.5. The predicted molar refractivity (Wildman–Crippen MR) is 235 cm³/mol. The fourth-order valence-corrected chi connectivity index (χ4v) is 9.11. The Labute approximate surface area is 337 Å². The van der Waals surface area contributed by atoms with Gasteiger partial charge in [0.25, 0.3) is 0 Å². The highest BCUT2D eigenvalue weighted by Gasteiger charge is 2.23. The van der Waals surface area contributed by atoms with Gasteiger partial charge in [-0.25, -0.2) is 4.85 Å². The summed E-state index contributed by atoms with van der Waals surface area (Å²) in [5, 5.41) is 36.9. The minimum Gasteiger partial charge on any atom is -0.308 e. The van der Waals surface area contributed by atoms with Gasteiger partial charge in [0.1, 0.15) is 6.07 Å². The first-order chi connectivity index (χ1) is 29.1. The van der Waals surface area contributed by atoms with Crippen LogP contribution in [0.1, 0.15) is 16.7 Å². The molecule has 0 aliphatic carbocycles. The fraction of sp³-hybridized carbons (Fsp3) is 0. The Morgan fingerprint density at radius 2 is 1.02 bits per heavy atom. The maximum absolute atomic E-state index is 10.9. The minimum absolute atomic E-state index is 0.480. The van der Waals surface area contributed by atoms with Crippen LogP contribution in [0.15, 0.2) is 164 Å². The van der Waals surface area contributed by atoms with Gasteiger partial charge in [-0.1, -0.05) is 91.0 Å². The van der Waals surface area contributed by atoms with E-state index in [9.17, 15) is 15.8 Å². The summed E-state index contributed by atoms with van der Waals surface area (Å²) in [7, 11) is 0. The van der Waals surface area contributed by atoms with E-state index in [1.54, 1.807) is 12.1 Å². The maximum atomic E-state index is 10.9. The molecule has 3 heterocycles. The molecule has 270 valence electrons. The highest BCUT2D eigenvalue weighted by atomic mass is 15.1. The standard InChI is InChI=1S/C52H27N7/c1-56-35-21-25-48-44(28-35)42-14-8-10-33(30-54)51(42)57(48)36-22-23-37(34(27-36)31-55)38-11-2-6-17-46(38)59-47-18-7-3-12-39(47)41-15-9-19-50(52(41)59)58-45-16-5-4-13-40(45)43-26-32(29-53)20-24-49(43)58/h2-28H. The largest absolute Gasteiger partial charge is 0.308 e. The van der Waals surface area contributed by atoms with Gasteiger partial charge in [0, 0.05) is 43.7 Å². The van der Waals surface area contributed by atoms with Gasteiger partial charge in [-0.05, 0) is 78.2 Å². The number of rotatable bonds is 4. The van der Waals surface area contributed by atoms with E-state index in [0.717, 1.165) is 93.6 Å². The minimum atomic E-state index is 0.480. The van der Waals surface area contributed by atoms with Crippen LogP contribution >= 0.6 is 0 Å². The topological polar surface area (TPSA) is 90.5 Å². The molecule has 3 aromatic heterocycles. The summed E-state index contributed by atoms with van der Waals surface area (Å²) < 4.78 is 6.64. The van der Waals surface area contributed by atoms with Crippen LogP contribution in [0.5, 0.6) is 0 Å². The van der Waals surface area contributed by atoms with Crippen molar-refractivity contribution >= 4 is 71.1 Å². The molecule has 0 amide bonds. The number of fused-ring (bicyclic) bond motifs is 9. The predicted octanol–water partition coefficient (Wildman–Crippen LogP) is 12.8. The molecule has 11 rings (SSSR count). The van der Waals surface area contributed by atoms with Crippen LogP contribution in [0.4, 0.5) is 5.69 Å². The van der Waals surface area contributed by atoms with Crippen molar-refractivity contribution in [2.75, 3.05) is 0 Å². The smallest absolute Gasteiger partial charge is 0.188 e. The van der Waals surface area contributed by atoms with Crippen LogP contribution in [0.2, 0.25) is 0 Å². The van der Waals surface area contributed by atoms with Crippen molar-refractivity contribution in [3.05, 3.63) is 192 Å². The van der Waals surface area contributed by atoms with Crippen LogP contribution in [-0.2, 0) is 0 Å². The van der Waals surface area contributed by atoms with Crippen molar-refractivity contribution in [3.63, 3.8) is 0 Å². The van der Waals surface area contributed by atoms with Gasteiger partial charge >= 0.3 is 0 Å². The molecule has 8 aromatic carbocycles. The Morgan fingerprint density at radius 1 is 0.407 bits per heavy atom. The zero-order valence-electron chi connectivity index (χ0n) is 31.2. The zero-order chi connectivity index (χ0) is 39.8. The monoisotopic (exact) mass is 749 g/mol. The van der Waals surface area contributed by atoms with Crippen molar-refractivity contribution in [1.82, 2.24) is 13.7 Å². The molecule has 0 unspecified atom stereocenters. The van der Waals surface area contributed by atoms with E-state index < -0.39 is 0 Å². The molecule has 0 radical (unpaired) electrons. The van der Waals surface area contributed by atoms with E-state index in [2.05, 4.69) is 98.9 Å². The number of benzene rings is 8. The quantitative estimate of drug-likeness (QED) is 0.168. The Morgan fingerprint density at radius 3 is 1.80 bits per heavy atom. The van der Waals surface area contributed by atoms with Crippen LogP contribution in [0, 0.1) is 40.6 Å². The average Bonchev–Trinajstić information content (AvgIpc) is 3.94. The van der Waals surface area contributed by atoms with Gasteiger partial charge in [0.15, 0.2) is 5.69 Å². The van der Waals surface area contributed by atoms with E-state index >= 15 is 0 Å². The third-order valence-electron chi connectivity index (χ3n) is 11.6. The van der Waals surface area contributed by atoms with E-state index in [1.165, 1.54) is 0 Å². The number of para-hydroxylation sites is 5. The third-order valence-corrected chi connectivity index (χ3v) is 11.6. The number of nitrogens with zero attached hydrogens (tertiary/aromatic N) is 7. The molecule has 0 fully saturated rings. The summed E-state index contributed by atoms with van der Waals surface area (Å²) in [6.45, 7) is 7.64. The second-order valence-electron chi connectivity index (χ2n) is 14.5. The van der Waals surface area contributed by atoms with Crippen molar-refractivity contribution in [2.45, 2.75) is 0 Å². The number of aromatic nitrogens is 3. The molecular formula is C52H27N7. The Bertz CT molecular complexity index is 3790. The maximum Gasteiger partial charge on any atom is 0.188 e. The van der Waals surface area contributed by atoms with Crippen LogP contribution < -0.4 is 0 Å². The number of hydrogen-bond acceptors (Lipinski definition) is 3. The van der Waals surface area contributed by atoms with Gasteiger partial charge in [-0.2, -0.15) is 15.8 Å². The summed E-state index contributed by atoms with van der Waals surface area (Å²) in [4.78, 5) is 3.66. The van der Waals surface area contributed by atoms with Gasteiger partial charge in [-0.3, -0.25) is 0 Å². The van der Waals surface area contributed by atoms with Gasteiger partial charge in [0.05, 0.1) is 79.9 Å². The van der Waals surface area contributed by atoms with E-state index in [1.807, 2.05) is 89.5 Å². The number of nitriles is 3. The first kappa shape index (κ1) is 33.5. The normalized spacial score (nSPS) is 11.3. The molecule has 0 spiro atoms. The molecule has 0 atom stereocenters. The van der Waals surface area contributed by atoms with E-state index in [-0.39, 0.29) is 0 Å². The van der Waals surface area contributed by atoms with Crippen molar-refractivity contribution in [3.8, 4) is 46.4 Å². The lowest BCUT2D eigenvalue weighted by Gasteiger charge is -2.18. The molecule has 0 saturated heterocycles. The average molecular weight is 750 g/mol.